The lowest BCUT2D eigenvalue weighted by molar-refractivity contribution is -0.112. The van der Waals surface area contributed by atoms with E-state index in [4.69, 9.17) is 4.74 Å². The van der Waals surface area contributed by atoms with Crippen molar-refractivity contribution in [1.29, 1.82) is 5.26 Å². The van der Waals surface area contributed by atoms with Crippen molar-refractivity contribution < 1.29 is 9.53 Å². The van der Waals surface area contributed by atoms with Crippen LogP contribution in [0.25, 0.3) is 6.08 Å². The molecule has 0 aliphatic heterocycles. The van der Waals surface area contributed by atoms with Crippen molar-refractivity contribution in [2.75, 3.05) is 11.9 Å². The smallest absolute Gasteiger partial charge is 0.266 e. The lowest BCUT2D eigenvalue weighted by atomic mass is 10.1. The molecule has 0 bridgehead atoms. The van der Waals surface area contributed by atoms with Crippen molar-refractivity contribution in [2.45, 2.75) is 13.8 Å². The molecule has 0 radical (unpaired) electrons. The topological polar surface area (TPSA) is 62.1 Å². The van der Waals surface area contributed by atoms with Crippen LogP contribution in [0.4, 0.5) is 5.69 Å². The number of hydrogen-bond acceptors (Lipinski definition) is 3. The number of ether oxygens (including phenoxy) is 1. The molecule has 0 heterocycles. The maximum Gasteiger partial charge on any atom is 0.266 e. The van der Waals surface area contributed by atoms with E-state index in [0.717, 1.165) is 8.95 Å². The average Bonchev–Trinajstić information content (AvgIpc) is 2.59. The minimum Gasteiger partial charge on any atom is -0.491 e. The molecule has 0 saturated carbocycles. The summed E-state index contributed by atoms with van der Waals surface area (Å²) in [6.07, 6.45) is 1.54. The lowest BCUT2D eigenvalue weighted by Crippen LogP contribution is -2.13. The first-order valence-corrected chi connectivity index (χ1v) is 9.59. The van der Waals surface area contributed by atoms with Gasteiger partial charge >= 0.3 is 0 Å². The van der Waals surface area contributed by atoms with E-state index in [2.05, 4.69) is 51.0 Å². The molecule has 6 heteroatoms. The maximum absolute atomic E-state index is 12.3. The summed E-state index contributed by atoms with van der Waals surface area (Å²) in [5, 5.41) is 12.1. The Morgan fingerprint density at radius 3 is 2.38 bits per heavy atom. The van der Waals surface area contributed by atoms with Gasteiger partial charge in [-0.3, -0.25) is 4.79 Å². The second-order valence-electron chi connectivity index (χ2n) is 6.01. The predicted octanol–water partition coefficient (Wildman–Crippen LogP) is 5.79. The van der Waals surface area contributed by atoms with Gasteiger partial charge in [0.25, 0.3) is 5.91 Å². The van der Waals surface area contributed by atoms with Crippen molar-refractivity contribution in [1.82, 2.24) is 0 Å². The molecule has 0 spiro atoms. The van der Waals surface area contributed by atoms with Crippen LogP contribution in [-0.4, -0.2) is 12.5 Å². The first-order chi connectivity index (χ1) is 12.4. The van der Waals surface area contributed by atoms with Gasteiger partial charge in [-0.2, -0.15) is 5.26 Å². The summed E-state index contributed by atoms with van der Waals surface area (Å²) in [4.78, 5) is 12.3. The highest BCUT2D eigenvalue weighted by molar-refractivity contribution is 9.11. The lowest BCUT2D eigenvalue weighted by Gasteiger charge is -2.13. The van der Waals surface area contributed by atoms with E-state index in [-0.39, 0.29) is 5.57 Å². The fourth-order valence-corrected chi connectivity index (χ4v) is 3.54. The number of carbonyl (C=O) groups is 1. The van der Waals surface area contributed by atoms with Crippen LogP contribution < -0.4 is 10.1 Å². The Balaban J connectivity index is 2.23. The highest BCUT2D eigenvalue weighted by Gasteiger charge is 2.13. The SMILES string of the molecule is CC(C)COc1c(Br)cc(/C=C(\C#N)C(=O)Nc2ccccc2)cc1Br. The molecule has 1 amide bonds. The summed E-state index contributed by atoms with van der Waals surface area (Å²) >= 11 is 6.97. The molecule has 0 aromatic heterocycles. The molecule has 0 aliphatic carbocycles. The van der Waals surface area contributed by atoms with Crippen LogP contribution in [-0.2, 0) is 4.79 Å². The van der Waals surface area contributed by atoms with Crippen molar-refractivity contribution in [2.24, 2.45) is 5.92 Å². The highest BCUT2D eigenvalue weighted by Crippen LogP contribution is 2.35. The second-order valence-corrected chi connectivity index (χ2v) is 7.72. The summed E-state index contributed by atoms with van der Waals surface area (Å²) < 4.78 is 7.28. The Bertz CT molecular complexity index is 833. The number of nitriles is 1. The molecular weight excluding hydrogens is 460 g/mol. The quantitative estimate of drug-likeness (QED) is 0.422. The van der Waals surface area contributed by atoms with Gasteiger partial charge in [0.1, 0.15) is 17.4 Å². The van der Waals surface area contributed by atoms with Gasteiger partial charge in [-0.1, -0.05) is 32.0 Å². The van der Waals surface area contributed by atoms with Crippen LogP contribution in [0.2, 0.25) is 0 Å². The molecule has 2 rings (SSSR count). The Labute approximate surface area is 170 Å². The normalized spacial score (nSPS) is 11.2. The van der Waals surface area contributed by atoms with Gasteiger partial charge in [0.2, 0.25) is 0 Å². The number of carbonyl (C=O) groups excluding carboxylic acids is 1. The van der Waals surface area contributed by atoms with E-state index in [1.54, 1.807) is 18.2 Å². The predicted molar refractivity (Wildman–Crippen MR) is 111 cm³/mol. The van der Waals surface area contributed by atoms with Crippen molar-refractivity contribution in [3.8, 4) is 11.8 Å². The minimum atomic E-state index is -0.453. The molecule has 0 atom stereocenters. The first kappa shape index (κ1) is 20.2. The Morgan fingerprint density at radius 1 is 1.23 bits per heavy atom. The summed E-state index contributed by atoms with van der Waals surface area (Å²) in [6, 6.07) is 14.6. The largest absolute Gasteiger partial charge is 0.491 e. The van der Waals surface area contributed by atoms with Crippen molar-refractivity contribution in [3.05, 3.63) is 62.5 Å². The number of amides is 1. The molecule has 2 aromatic rings. The van der Waals surface area contributed by atoms with Gasteiger partial charge in [-0.05, 0) is 73.7 Å². The van der Waals surface area contributed by atoms with Crippen LogP contribution in [0.1, 0.15) is 19.4 Å². The molecule has 134 valence electrons. The van der Waals surface area contributed by atoms with E-state index in [1.807, 2.05) is 36.4 Å². The first-order valence-electron chi connectivity index (χ1n) is 8.00. The highest BCUT2D eigenvalue weighted by atomic mass is 79.9. The monoisotopic (exact) mass is 476 g/mol. The molecule has 0 fully saturated rings. The molecule has 4 nitrogen and oxygen atoms in total. The van der Waals surface area contributed by atoms with Gasteiger partial charge in [0.15, 0.2) is 0 Å². The van der Waals surface area contributed by atoms with E-state index in [0.29, 0.717) is 29.5 Å². The number of anilines is 1. The number of halogens is 2. The molecule has 0 aliphatic rings. The van der Waals surface area contributed by atoms with E-state index < -0.39 is 5.91 Å². The minimum absolute atomic E-state index is 0.0171. The summed E-state index contributed by atoms with van der Waals surface area (Å²) in [7, 11) is 0. The van der Waals surface area contributed by atoms with Gasteiger partial charge in [-0.15, -0.1) is 0 Å². The van der Waals surface area contributed by atoms with Crippen LogP contribution in [0.3, 0.4) is 0 Å². The number of para-hydroxylation sites is 1. The number of hydrogen-bond donors (Lipinski definition) is 1. The second kappa shape index (κ2) is 9.56. The van der Waals surface area contributed by atoms with Gasteiger partial charge in [0.05, 0.1) is 15.6 Å². The maximum atomic E-state index is 12.3. The van der Waals surface area contributed by atoms with Crippen LogP contribution in [0.5, 0.6) is 5.75 Å². The third-order valence-corrected chi connectivity index (χ3v) is 4.47. The van der Waals surface area contributed by atoms with Crippen LogP contribution in [0.15, 0.2) is 57.0 Å². The Kier molecular flexibility index (Phi) is 7.43. The summed E-state index contributed by atoms with van der Waals surface area (Å²) in [6.45, 7) is 4.74. The van der Waals surface area contributed by atoms with Gasteiger partial charge in [0, 0.05) is 5.69 Å². The zero-order valence-corrected chi connectivity index (χ0v) is 17.6. The van der Waals surface area contributed by atoms with Crippen molar-refractivity contribution in [3.63, 3.8) is 0 Å². The van der Waals surface area contributed by atoms with E-state index in [9.17, 15) is 10.1 Å². The zero-order chi connectivity index (χ0) is 19.1. The van der Waals surface area contributed by atoms with Crippen LogP contribution in [0, 0.1) is 17.2 Å². The fraction of sp³-hybridized carbons (Fsp3) is 0.200. The fourth-order valence-electron chi connectivity index (χ4n) is 2.09. The van der Waals surface area contributed by atoms with Gasteiger partial charge in [-0.25, -0.2) is 0 Å². The van der Waals surface area contributed by atoms with E-state index in [1.165, 1.54) is 0 Å². The summed E-state index contributed by atoms with van der Waals surface area (Å²) in [5.74, 6) is 0.648. The standard InChI is InChI=1S/C20H18Br2N2O2/c1-13(2)12-26-19-17(21)9-14(10-18(19)22)8-15(11-23)20(25)24-16-6-4-3-5-7-16/h3-10,13H,12H2,1-2H3,(H,24,25)/b15-8+. The molecule has 0 saturated heterocycles. The molecule has 0 unspecified atom stereocenters. The Hall–Kier alpha value is -2.10. The Morgan fingerprint density at radius 2 is 1.85 bits per heavy atom. The molecule has 1 N–H and O–H groups in total. The third kappa shape index (κ3) is 5.72. The van der Waals surface area contributed by atoms with Crippen LogP contribution >= 0.6 is 31.9 Å². The number of rotatable bonds is 6. The summed E-state index contributed by atoms with van der Waals surface area (Å²) in [5.41, 5.74) is 1.36. The van der Waals surface area contributed by atoms with Crippen molar-refractivity contribution >= 4 is 49.5 Å². The molecule has 2 aromatic carbocycles. The number of nitrogens with one attached hydrogen (secondary N) is 1. The number of benzene rings is 2. The zero-order valence-electron chi connectivity index (χ0n) is 14.4. The molecular formula is C20H18Br2N2O2. The average molecular weight is 478 g/mol. The van der Waals surface area contributed by atoms with E-state index >= 15 is 0 Å². The molecule has 26 heavy (non-hydrogen) atoms. The third-order valence-electron chi connectivity index (χ3n) is 3.29. The van der Waals surface area contributed by atoms with Gasteiger partial charge < -0.3 is 10.1 Å². The number of nitrogens with zero attached hydrogens (tertiary/aromatic N) is 1.